The van der Waals surface area contributed by atoms with Gasteiger partial charge in [-0.1, -0.05) is 25.5 Å². The van der Waals surface area contributed by atoms with Gasteiger partial charge in [-0.25, -0.2) is 4.79 Å². The average Bonchev–Trinajstić information content (AvgIpc) is 2.46. The Hall–Kier alpha value is -1.78. The van der Waals surface area contributed by atoms with E-state index < -0.39 is 11.7 Å². The second-order valence-electron chi connectivity index (χ2n) is 6.92. The first-order chi connectivity index (χ1) is 10.8. The van der Waals surface area contributed by atoms with Crippen molar-refractivity contribution in [3.05, 3.63) is 25.3 Å². The van der Waals surface area contributed by atoms with Crippen molar-refractivity contribution in [3.8, 4) is 0 Å². The number of carbonyl (C=O) groups excluding carboxylic acids is 2. The maximum absolute atomic E-state index is 12.2. The lowest BCUT2D eigenvalue weighted by Crippen LogP contribution is -2.55. The standard InChI is InChI=1S/C18H30N2O3/c1-6-8-13-20(16(21)7-2)15-12-10-9-11-14(15)19-17(22)23-18(3,4)5/h6-7,14-15H,1-2,8-13H2,3-5H3,(H,19,22)/t14-,15-/m1/s1. The molecule has 0 aromatic heterocycles. The van der Waals surface area contributed by atoms with Gasteiger partial charge in [0.1, 0.15) is 5.60 Å². The number of carbonyl (C=O) groups is 2. The minimum atomic E-state index is -0.534. The van der Waals surface area contributed by atoms with E-state index in [0.29, 0.717) is 6.54 Å². The predicted molar refractivity (Wildman–Crippen MR) is 92.1 cm³/mol. The summed E-state index contributed by atoms with van der Waals surface area (Å²) >= 11 is 0. The van der Waals surface area contributed by atoms with Crippen molar-refractivity contribution >= 4 is 12.0 Å². The molecule has 0 aromatic rings. The van der Waals surface area contributed by atoms with E-state index in [9.17, 15) is 9.59 Å². The van der Waals surface area contributed by atoms with Crippen LogP contribution in [0, 0.1) is 0 Å². The highest BCUT2D eigenvalue weighted by molar-refractivity contribution is 5.87. The van der Waals surface area contributed by atoms with Crippen molar-refractivity contribution in [1.29, 1.82) is 0 Å². The van der Waals surface area contributed by atoms with Crippen LogP contribution in [0.1, 0.15) is 52.9 Å². The van der Waals surface area contributed by atoms with Crippen molar-refractivity contribution in [2.45, 2.75) is 70.6 Å². The lowest BCUT2D eigenvalue weighted by atomic mass is 9.89. The van der Waals surface area contributed by atoms with Crippen LogP contribution in [0.25, 0.3) is 0 Å². The van der Waals surface area contributed by atoms with E-state index in [1.54, 1.807) is 11.0 Å². The number of nitrogens with one attached hydrogen (secondary N) is 1. The summed E-state index contributed by atoms with van der Waals surface area (Å²) in [5, 5.41) is 2.95. The van der Waals surface area contributed by atoms with Gasteiger partial charge in [-0.3, -0.25) is 4.79 Å². The number of alkyl carbamates (subject to hydrolysis) is 1. The minimum Gasteiger partial charge on any atom is -0.444 e. The molecule has 0 spiro atoms. The van der Waals surface area contributed by atoms with E-state index in [1.807, 2.05) is 20.8 Å². The first-order valence-electron chi connectivity index (χ1n) is 8.32. The number of ether oxygens (including phenoxy) is 1. The summed E-state index contributed by atoms with van der Waals surface area (Å²) in [6, 6.07) is -0.117. The molecule has 2 amide bonds. The van der Waals surface area contributed by atoms with Crippen LogP contribution in [0.3, 0.4) is 0 Å². The zero-order valence-corrected chi connectivity index (χ0v) is 14.6. The van der Waals surface area contributed by atoms with Gasteiger partial charge in [0.15, 0.2) is 0 Å². The molecule has 1 rings (SSSR count). The number of nitrogens with zero attached hydrogens (tertiary/aromatic N) is 1. The van der Waals surface area contributed by atoms with Gasteiger partial charge in [-0.15, -0.1) is 6.58 Å². The largest absolute Gasteiger partial charge is 0.444 e. The Bertz CT molecular complexity index is 440. The molecule has 1 aliphatic carbocycles. The fraction of sp³-hybridized carbons (Fsp3) is 0.667. The molecule has 23 heavy (non-hydrogen) atoms. The minimum absolute atomic E-state index is 0.0262. The van der Waals surface area contributed by atoms with Gasteiger partial charge < -0.3 is 15.0 Å². The van der Waals surface area contributed by atoms with E-state index >= 15 is 0 Å². The first-order valence-corrected chi connectivity index (χ1v) is 8.32. The van der Waals surface area contributed by atoms with Crippen molar-refractivity contribution in [3.63, 3.8) is 0 Å². The predicted octanol–water partition coefficient (Wildman–Crippen LogP) is 3.41. The van der Waals surface area contributed by atoms with Gasteiger partial charge in [0.25, 0.3) is 0 Å². The normalized spacial score (nSPS) is 21.2. The zero-order chi connectivity index (χ0) is 17.5. The highest BCUT2D eigenvalue weighted by Gasteiger charge is 2.33. The van der Waals surface area contributed by atoms with Crippen molar-refractivity contribution < 1.29 is 14.3 Å². The third-order valence-electron chi connectivity index (χ3n) is 3.86. The molecule has 0 aromatic carbocycles. The highest BCUT2D eigenvalue weighted by atomic mass is 16.6. The van der Waals surface area contributed by atoms with Crippen LogP contribution in [-0.2, 0) is 9.53 Å². The van der Waals surface area contributed by atoms with E-state index in [0.717, 1.165) is 32.1 Å². The number of amides is 2. The molecule has 0 bridgehead atoms. The monoisotopic (exact) mass is 322 g/mol. The second-order valence-corrected chi connectivity index (χ2v) is 6.92. The summed E-state index contributed by atoms with van der Waals surface area (Å²) in [6.07, 6.45) is 7.22. The van der Waals surface area contributed by atoms with E-state index in [4.69, 9.17) is 4.74 Å². The summed E-state index contributed by atoms with van der Waals surface area (Å²) in [6.45, 7) is 13.4. The Labute approximate surface area is 139 Å². The Morgan fingerprint density at radius 1 is 1.26 bits per heavy atom. The van der Waals surface area contributed by atoms with Gasteiger partial charge in [-0.05, 0) is 46.1 Å². The molecule has 1 saturated carbocycles. The van der Waals surface area contributed by atoms with Crippen LogP contribution in [0.15, 0.2) is 25.3 Å². The number of hydrogen-bond donors (Lipinski definition) is 1. The molecule has 0 radical (unpaired) electrons. The quantitative estimate of drug-likeness (QED) is 0.602. The maximum Gasteiger partial charge on any atom is 0.407 e. The lowest BCUT2D eigenvalue weighted by molar-refractivity contribution is -0.129. The molecule has 1 N–H and O–H groups in total. The molecular formula is C18H30N2O3. The molecule has 5 nitrogen and oxygen atoms in total. The fourth-order valence-electron chi connectivity index (χ4n) is 2.90. The summed E-state index contributed by atoms with van der Waals surface area (Å²) < 4.78 is 5.35. The molecule has 1 aliphatic rings. The second kappa shape index (κ2) is 8.75. The molecule has 0 aliphatic heterocycles. The zero-order valence-electron chi connectivity index (χ0n) is 14.6. The topological polar surface area (TPSA) is 58.6 Å². The molecule has 130 valence electrons. The van der Waals surface area contributed by atoms with Crippen molar-refractivity contribution in [2.24, 2.45) is 0 Å². The molecule has 0 saturated heterocycles. The summed E-state index contributed by atoms with van der Waals surface area (Å²) in [5.41, 5.74) is -0.534. The third-order valence-corrected chi connectivity index (χ3v) is 3.86. The molecule has 1 fully saturated rings. The summed E-state index contributed by atoms with van der Waals surface area (Å²) in [5.74, 6) is -0.102. The SMILES string of the molecule is C=CCCN(C(=O)C=C)[C@@H]1CCCC[C@H]1NC(=O)OC(C)(C)C. The van der Waals surface area contributed by atoms with Crippen molar-refractivity contribution in [2.75, 3.05) is 6.54 Å². The molecule has 2 atom stereocenters. The first kappa shape index (κ1) is 19.3. The lowest BCUT2D eigenvalue weighted by Gasteiger charge is -2.40. The van der Waals surface area contributed by atoms with E-state index in [1.165, 1.54) is 6.08 Å². The van der Waals surface area contributed by atoms with Gasteiger partial charge in [-0.2, -0.15) is 0 Å². The van der Waals surface area contributed by atoms with Crippen LogP contribution in [0.4, 0.5) is 4.79 Å². The summed E-state index contributed by atoms with van der Waals surface area (Å²) in [4.78, 5) is 26.1. The van der Waals surface area contributed by atoms with Gasteiger partial charge >= 0.3 is 6.09 Å². The molecule has 0 heterocycles. The van der Waals surface area contributed by atoms with Gasteiger partial charge in [0, 0.05) is 6.54 Å². The molecular weight excluding hydrogens is 292 g/mol. The highest BCUT2D eigenvalue weighted by Crippen LogP contribution is 2.24. The maximum atomic E-state index is 12.2. The van der Waals surface area contributed by atoms with Gasteiger partial charge in [0.2, 0.25) is 5.91 Å². The van der Waals surface area contributed by atoms with Crippen LogP contribution < -0.4 is 5.32 Å². The third kappa shape index (κ3) is 6.47. The average molecular weight is 322 g/mol. The fourth-order valence-corrected chi connectivity index (χ4v) is 2.90. The van der Waals surface area contributed by atoms with Crippen molar-refractivity contribution in [1.82, 2.24) is 10.2 Å². The molecule has 5 heteroatoms. The van der Waals surface area contributed by atoms with Crippen LogP contribution in [0.5, 0.6) is 0 Å². The van der Waals surface area contributed by atoms with Crippen LogP contribution in [0.2, 0.25) is 0 Å². The Morgan fingerprint density at radius 3 is 2.48 bits per heavy atom. The Morgan fingerprint density at radius 2 is 1.91 bits per heavy atom. The Balaban J connectivity index is 2.81. The van der Waals surface area contributed by atoms with Gasteiger partial charge in [0.05, 0.1) is 12.1 Å². The van der Waals surface area contributed by atoms with Crippen LogP contribution in [-0.4, -0.2) is 41.1 Å². The summed E-state index contributed by atoms with van der Waals surface area (Å²) in [7, 11) is 0. The number of hydrogen-bond acceptors (Lipinski definition) is 3. The Kier molecular flexibility index (Phi) is 7.33. The smallest absolute Gasteiger partial charge is 0.407 e. The van der Waals surface area contributed by atoms with E-state index in [2.05, 4.69) is 18.5 Å². The molecule has 0 unspecified atom stereocenters. The van der Waals surface area contributed by atoms with E-state index in [-0.39, 0.29) is 18.0 Å². The van der Waals surface area contributed by atoms with Crippen LogP contribution >= 0.6 is 0 Å². The number of rotatable bonds is 6.